The van der Waals surface area contributed by atoms with Crippen LogP contribution < -0.4 is 16.0 Å². The number of rotatable bonds is 6. The highest BCUT2D eigenvalue weighted by molar-refractivity contribution is 6.05. The molecule has 1 aliphatic carbocycles. The van der Waals surface area contributed by atoms with Crippen molar-refractivity contribution in [1.82, 2.24) is 20.2 Å². The first-order valence-corrected chi connectivity index (χ1v) is 10.5. The van der Waals surface area contributed by atoms with Crippen molar-refractivity contribution >= 4 is 29.3 Å². The Morgan fingerprint density at radius 2 is 1.88 bits per heavy atom. The van der Waals surface area contributed by atoms with Crippen molar-refractivity contribution in [2.45, 2.75) is 6.54 Å². The number of hydrogen-bond acceptors (Lipinski definition) is 9. The van der Waals surface area contributed by atoms with E-state index < -0.39 is 0 Å². The molecule has 5 N–H and O–H groups in total. The maximum Gasteiger partial charge on any atom is 0.243 e. The molecule has 2 aliphatic rings. The third kappa shape index (κ3) is 4.13. The minimum absolute atomic E-state index is 0.0703. The molecule has 168 valence electrons. The van der Waals surface area contributed by atoms with Gasteiger partial charge in [-0.1, -0.05) is 12.1 Å². The van der Waals surface area contributed by atoms with E-state index in [0.717, 1.165) is 25.2 Å². The monoisotopic (exact) mass is 436 g/mol. The van der Waals surface area contributed by atoms with E-state index in [-0.39, 0.29) is 35.1 Å². The van der Waals surface area contributed by atoms with Crippen LogP contribution in [0.25, 0.3) is 0 Å². The van der Waals surface area contributed by atoms with Gasteiger partial charge >= 0.3 is 0 Å². The number of nitrogens with one attached hydrogen (secondary N) is 3. The van der Waals surface area contributed by atoms with Gasteiger partial charge in [0, 0.05) is 45.2 Å². The predicted octanol–water partition coefficient (Wildman–Crippen LogP) is 0.916. The summed E-state index contributed by atoms with van der Waals surface area (Å²) in [6, 6.07) is 7.34. The summed E-state index contributed by atoms with van der Waals surface area (Å²) in [6.45, 7) is 2.16. The van der Waals surface area contributed by atoms with Crippen molar-refractivity contribution in [2.75, 3.05) is 44.9 Å². The number of nitrogen functional groups attached to an aromatic ring is 1. The van der Waals surface area contributed by atoms with Crippen LogP contribution in [-0.2, 0) is 16.1 Å². The number of carbonyl (C=O) groups excluding carboxylic acids is 1. The zero-order valence-corrected chi connectivity index (χ0v) is 18.4. The van der Waals surface area contributed by atoms with Gasteiger partial charge in [0.2, 0.25) is 17.7 Å². The van der Waals surface area contributed by atoms with Crippen LogP contribution in [0.2, 0.25) is 0 Å². The van der Waals surface area contributed by atoms with Crippen molar-refractivity contribution in [3.05, 3.63) is 47.3 Å². The van der Waals surface area contributed by atoms with E-state index in [2.05, 4.69) is 20.2 Å². The first-order chi connectivity index (χ1) is 15.3. The lowest BCUT2D eigenvalue weighted by atomic mass is 10.1. The van der Waals surface area contributed by atoms with E-state index in [1.165, 1.54) is 0 Å². The van der Waals surface area contributed by atoms with Crippen LogP contribution in [0.5, 0.6) is 0 Å². The molecular formula is C22H28N8O2. The molecule has 1 aliphatic heterocycles. The molecule has 1 saturated heterocycles. The lowest BCUT2D eigenvalue weighted by Crippen LogP contribution is -2.32. The van der Waals surface area contributed by atoms with Crippen molar-refractivity contribution in [3.8, 4) is 0 Å². The van der Waals surface area contributed by atoms with E-state index in [4.69, 9.17) is 21.3 Å². The minimum Gasteiger partial charge on any atom is -0.419 e. The molecule has 32 heavy (non-hydrogen) atoms. The molecule has 10 nitrogen and oxygen atoms in total. The first kappa shape index (κ1) is 21.7. The number of nitrogens with two attached hydrogens (primary N) is 1. The molecular weight excluding hydrogens is 408 g/mol. The van der Waals surface area contributed by atoms with Crippen molar-refractivity contribution in [1.29, 1.82) is 10.8 Å². The van der Waals surface area contributed by atoms with Gasteiger partial charge in [0.15, 0.2) is 11.5 Å². The number of fused-ring (bicyclic) bond motifs is 1. The number of carbonyl (C=O) groups is 1. The number of hydrogen-bond donors (Lipinski definition) is 4. The van der Waals surface area contributed by atoms with Gasteiger partial charge in [-0.05, 0) is 36.6 Å². The highest BCUT2D eigenvalue weighted by Crippen LogP contribution is 2.53. The Hall–Kier alpha value is -3.53. The largest absolute Gasteiger partial charge is 0.419 e. The van der Waals surface area contributed by atoms with Gasteiger partial charge in [-0.2, -0.15) is 0 Å². The summed E-state index contributed by atoms with van der Waals surface area (Å²) in [5.41, 5.74) is 7.68. The molecule has 2 unspecified atom stereocenters. The van der Waals surface area contributed by atoms with Crippen molar-refractivity contribution < 1.29 is 9.53 Å². The number of benzene rings is 1. The van der Waals surface area contributed by atoms with E-state index >= 15 is 0 Å². The molecule has 2 fully saturated rings. The van der Waals surface area contributed by atoms with Gasteiger partial charge < -0.3 is 25.6 Å². The molecule has 1 aromatic carbocycles. The summed E-state index contributed by atoms with van der Waals surface area (Å²) in [7, 11) is 5.43. The summed E-state index contributed by atoms with van der Waals surface area (Å²) < 4.78 is 5.43. The molecule has 4 rings (SSSR count). The second-order valence-electron chi connectivity index (χ2n) is 8.44. The number of ether oxygens (including phenoxy) is 1. The van der Waals surface area contributed by atoms with Gasteiger partial charge in [-0.15, -0.1) is 0 Å². The van der Waals surface area contributed by atoms with E-state index in [1.807, 2.05) is 19.2 Å². The molecule has 1 amide bonds. The molecule has 10 heteroatoms. The Labute approximate surface area is 186 Å². The van der Waals surface area contributed by atoms with Crippen LogP contribution in [0.15, 0.2) is 30.5 Å². The normalized spacial score (nSPS) is 21.1. The Morgan fingerprint density at radius 1 is 1.22 bits per heavy atom. The predicted molar refractivity (Wildman–Crippen MR) is 122 cm³/mol. The lowest BCUT2D eigenvalue weighted by molar-refractivity contribution is -0.130. The van der Waals surface area contributed by atoms with Crippen LogP contribution in [0.4, 0.5) is 11.6 Å². The van der Waals surface area contributed by atoms with Crippen LogP contribution in [0.3, 0.4) is 0 Å². The number of aromatic nitrogens is 2. The highest BCUT2D eigenvalue weighted by atomic mass is 16.5. The topological polar surface area (TPSA) is 144 Å². The average molecular weight is 437 g/mol. The number of anilines is 2. The lowest BCUT2D eigenvalue weighted by Gasteiger charge is -2.22. The zero-order valence-electron chi connectivity index (χ0n) is 18.4. The zero-order chi connectivity index (χ0) is 23.0. The highest BCUT2D eigenvalue weighted by Gasteiger charge is 2.60. The third-order valence-electron chi connectivity index (χ3n) is 6.05. The minimum atomic E-state index is -0.328. The summed E-state index contributed by atoms with van der Waals surface area (Å²) in [5.74, 6) is 1.08. The molecule has 2 aromatic rings. The second-order valence-corrected chi connectivity index (χ2v) is 8.44. The fourth-order valence-electron chi connectivity index (χ4n) is 4.27. The smallest absolute Gasteiger partial charge is 0.243 e. The quantitative estimate of drug-likeness (QED) is 0.389. The number of piperidine rings is 1. The maximum absolute atomic E-state index is 12.2. The van der Waals surface area contributed by atoms with Crippen molar-refractivity contribution in [3.63, 3.8) is 0 Å². The van der Waals surface area contributed by atoms with E-state index in [0.29, 0.717) is 23.2 Å². The number of amides is 1. The Bertz CT molecular complexity index is 1040. The van der Waals surface area contributed by atoms with Gasteiger partial charge in [-0.25, -0.2) is 9.97 Å². The van der Waals surface area contributed by atoms with E-state index in [9.17, 15) is 4.79 Å². The molecule has 3 atom stereocenters. The van der Waals surface area contributed by atoms with Crippen LogP contribution in [-0.4, -0.2) is 66.8 Å². The average Bonchev–Trinajstić information content (AvgIpc) is 3.26. The Kier molecular flexibility index (Phi) is 5.79. The third-order valence-corrected chi connectivity index (χ3v) is 6.05. The summed E-state index contributed by atoms with van der Waals surface area (Å²) in [4.78, 5) is 24.6. The molecule has 0 spiro atoms. The Morgan fingerprint density at radius 3 is 2.47 bits per heavy atom. The molecule has 1 aromatic heterocycles. The van der Waals surface area contributed by atoms with E-state index in [1.54, 1.807) is 37.3 Å². The van der Waals surface area contributed by atoms with Crippen molar-refractivity contribution in [2.24, 2.45) is 17.8 Å². The fourth-order valence-corrected chi connectivity index (χ4v) is 4.27. The number of nitrogens with zero attached hydrogens (tertiary/aromatic N) is 4. The Balaban J connectivity index is 1.41. The summed E-state index contributed by atoms with van der Waals surface area (Å²) in [6.07, 6.45) is 1.57. The molecule has 2 heterocycles. The van der Waals surface area contributed by atoms with Gasteiger partial charge in [0.05, 0.1) is 6.20 Å². The summed E-state index contributed by atoms with van der Waals surface area (Å²) >= 11 is 0. The molecule has 0 bridgehead atoms. The van der Waals surface area contributed by atoms with Crippen LogP contribution >= 0.6 is 0 Å². The fraction of sp³-hybridized carbons (Fsp3) is 0.409. The molecule has 0 radical (unpaired) electrons. The van der Waals surface area contributed by atoms with Crippen LogP contribution in [0, 0.1) is 28.6 Å². The maximum atomic E-state index is 12.2. The standard InChI is InChI=1S/C22H28N8O2/c1-26-8-12-4-6-13(7-5-12)20(24)32-21(25)18-19(23)27-9-16(28-18)30-10-14-15(11-30)17(14)22(31)29(2)3/h4-7,9,14-15,17,24-26H,8,10-11H2,1-3H3,(H2,23,27)/t14-,15?,17?/m0/s1. The summed E-state index contributed by atoms with van der Waals surface area (Å²) in [5, 5.41) is 19.5. The second kappa shape index (κ2) is 8.54. The van der Waals surface area contributed by atoms with Crippen LogP contribution in [0.1, 0.15) is 16.8 Å². The van der Waals surface area contributed by atoms with Gasteiger partial charge in [0.25, 0.3) is 0 Å². The van der Waals surface area contributed by atoms with Gasteiger partial charge in [0.1, 0.15) is 5.82 Å². The first-order valence-electron chi connectivity index (χ1n) is 10.5. The van der Waals surface area contributed by atoms with Gasteiger partial charge in [-0.3, -0.25) is 15.6 Å². The SMILES string of the molecule is CNCc1ccc(C(=N)OC(=N)c2nc(N3CC4C(C(=O)N(C)C)[C@H]4C3)cnc2N)cc1. The molecule has 1 saturated carbocycles.